The maximum atomic E-state index is 12.0. The van der Waals surface area contributed by atoms with E-state index in [1.165, 1.54) is 5.56 Å². The van der Waals surface area contributed by atoms with Crippen LogP contribution in [-0.4, -0.2) is 37.0 Å². The number of aryl methyl sites for hydroxylation is 1. The molecule has 1 unspecified atom stereocenters. The van der Waals surface area contributed by atoms with Gasteiger partial charge in [0, 0.05) is 26.1 Å². The number of hydrogen-bond donors (Lipinski definition) is 1. The summed E-state index contributed by atoms with van der Waals surface area (Å²) in [6.07, 6.45) is 2.52. The van der Waals surface area contributed by atoms with Crippen molar-refractivity contribution >= 4 is 18.3 Å². The molecule has 4 heteroatoms. The molecule has 2 rings (SSSR count). The highest BCUT2D eigenvalue weighted by atomic mass is 35.5. The zero-order chi connectivity index (χ0) is 12.1. The minimum Gasteiger partial charge on any atom is -0.341 e. The van der Waals surface area contributed by atoms with Crippen LogP contribution in [-0.2, 0) is 11.2 Å². The predicted octanol–water partition coefficient (Wildman–Crippen LogP) is 1.86. The lowest BCUT2D eigenvalue weighted by Crippen LogP contribution is -2.38. The molecule has 0 aromatic heterocycles. The van der Waals surface area contributed by atoms with E-state index >= 15 is 0 Å². The molecule has 0 saturated carbocycles. The number of carbonyl (C=O) groups excluding carboxylic acids is 1. The Morgan fingerprint density at radius 1 is 1.39 bits per heavy atom. The van der Waals surface area contributed by atoms with Crippen molar-refractivity contribution < 1.29 is 4.79 Å². The normalized spacial score (nSPS) is 18.2. The number of halogens is 1. The van der Waals surface area contributed by atoms with Gasteiger partial charge >= 0.3 is 0 Å². The summed E-state index contributed by atoms with van der Waals surface area (Å²) in [6, 6.07) is 10.6. The Bertz CT molecular complexity index is 363. The Labute approximate surface area is 115 Å². The van der Waals surface area contributed by atoms with Gasteiger partial charge in [-0.2, -0.15) is 0 Å². The topological polar surface area (TPSA) is 32.3 Å². The second-order valence-electron chi connectivity index (χ2n) is 4.64. The van der Waals surface area contributed by atoms with Crippen molar-refractivity contribution in [2.45, 2.75) is 25.3 Å². The number of amides is 1. The van der Waals surface area contributed by atoms with E-state index in [0.29, 0.717) is 12.5 Å². The summed E-state index contributed by atoms with van der Waals surface area (Å²) < 4.78 is 0. The van der Waals surface area contributed by atoms with Crippen LogP contribution >= 0.6 is 12.4 Å². The summed E-state index contributed by atoms with van der Waals surface area (Å²) in [7, 11) is 1.92. The summed E-state index contributed by atoms with van der Waals surface area (Å²) in [4.78, 5) is 13.9. The molecule has 1 amide bonds. The Hall–Kier alpha value is -1.06. The van der Waals surface area contributed by atoms with Crippen LogP contribution in [0.5, 0.6) is 0 Å². The van der Waals surface area contributed by atoms with Crippen molar-refractivity contribution in [3.05, 3.63) is 35.9 Å². The second-order valence-corrected chi connectivity index (χ2v) is 4.64. The van der Waals surface area contributed by atoms with E-state index in [1.54, 1.807) is 0 Å². The van der Waals surface area contributed by atoms with E-state index < -0.39 is 0 Å². The first-order chi connectivity index (χ1) is 8.27. The number of nitrogens with zero attached hydrogens (tertiary/aromatic N) is 1. The molecule has 1 atom stereocenters. The van der Waals surface area contributed by atoms with Gasteiger partial charge in [0.1, 0.15) is 0 Å². The summed E-state index contributed by atoms with van der Waals surface area (Å²) in [5.41, 5.74) is 1.23. The third-order valence-corrected chi connectivity index (χ3v) is 3.45. The number of hydrogen-bond acceptors (Lipinski definition) is 2. The summed E-state index contributed by atoms with van der Waals surface area (Å²) in [6.45, 7) is 1.97. The highest BCUT2D eigenvalue weighted by molar-refractivity contribution is 5.85. The molecule has 1 aromatic carbocycles. The van der Waals surface area contributed by atoms with Gasteiger partial charge in [-0.25, -0.2) is 0 Å². The average Bonchev–Trinajstić information content (AvgIpc) is 2.90. The zero-order valence-electron chi connectivity index (χ0n) is 10.8. The van der Waals surface area contributed by atoms with E-state index in [-0.39, 0.29) is 18.3 Å². The van der Waals surface area contributed by atoms with Crippen LogP contribution in [0, 0.1) is 0 Å². The molecule has 1 N–H and O–H groups in total. The largest absolute Gasteiger partial charge is 0.341 e. The molecule has 0 spiro atoms. The Morgan fingerprint density at radius 2 is 2.11 bits per heavy atom. The molecule has 1 fully saturated rings. The van der Waals surface area contributed by atoms with Gasteiger partial charge in [0.2, 0.25) is 5.91 Å². The fourth-order valence-corrected chi connectivity index (χ4v) is 2.25. The lowest BCUT2D eigenvalue weighted by atomic mass is 10.1. The van der Waals surface area contributed by atoms with Crippen LogP contribution < -0.4 is 5.32 Å². The van der Waals surface area contributed by atoms with Gasteiger partial charge in [0.15, 0.2) is 0 Å². The van der Waals surface area contributed by atoms with Gasteiger partial charge < -0.3 is 10.2 Å². The zero-order valence-corrected chi connectivity index (χ0v) is 11.6. The Balaban J connectivity index is 0.00000162. The third kappa shape index (κ3) is 4.00. The van der Waals surface area contributed by atoms with E-state index in [2.05, 4.69) is 17.4 Å². The highest BCUT2D eigenvalue weighted by Gasteiger charge is 2.22. The number of nitrogens with one attached hydrogen (secondary N) is 1. The average molecular weight is 269 g/mol. The van der Waals surface area contributed by atoms with Crippen LogP contribution in [0.3, 0.4) is 0 Å². The maximum absolute atomic E-state index is 12.0. The summed E-state index contributed by atoms with van der Waals surface area (Å²) in [5, 5.41) is 3.29. The minimum absolute atomic E-state index is 0. The molecular weight excluding hydrogens is 248 g/mol. The first-order valence-corrected chi connectivity index (χ1v) is 6.27. The van der Waals surface area contributed by atoms with E-state index in [9.17, 15) is 4.79 Å². The van der Waals surface area contributed by atoms with Gasteiger partial charge in [-0.3, -0.25) is 4.79 Å². The molecule has 100 valence electrons. The fraction of sp³-hybridized carbons (Fsp3) is 0.500. The predicted molar refractivity (Wildman–Crippen MR) is 76.1 cm³/mol. The van der Waals surface area contributed by atoms with Crippen molar-refractivity contribution in [2.75, 3.05) is 20.1 Å². The number of benzene rings is 1. The SMILES string of the molecule is CN(C(=O)CCc1ccccc1)C1CCNC1.Cl. The molecule has 1 aliphatic rings. The van der Waals surface area contributed by atoms with Crippen LogP contribution in [0.25, 0.3) is 0 Å². The van der Waals surface area contributed by atoms with Crippen LogP contribution in [0.4, 0.5) is 0 Å². The maximum Gasteiger partial charge on any atom is 0.222 e. The molecule has 1 heterocycles. The summed E-state index contributed by atoms with van der Waals surface area (Å²) >= 11 is 0. The molecule has 1 saturated heterocycles. The van der Waals surface area contributed by atoms with Gasteiger partial charge in [0.05, 0.1) is 0 Å². The number of rotatable bonds is 4. The molecular formula is C14H21ClN2O. The van der Waals surface area contributed by atoms with Crippen molar-refractivity contribution in [3.63, 3.8) is 0 Å². The van der Waals surface area contributed by atoms with Gasteiger partial charge in [-0.15, -0.1) is 12.4 Å². The first kappa shape index (κ1) is 15.0. The first-order valence-electron chi connectivity index (χ1n) is 6.27. The molecule has 1 aliphatic heterocycles. The molecule has 0 aliphatic carbocycles. The standard InChI is InChI=1S/C14H20N2O.ClH/c1-16(13-9-10-15-11-13)14(17)8-7-12-5-3-2-4-6-12;/h2-6,13,15H,7-11H2,1H3;1H. The molecule has 0 radical (unpaired) electrons. The van der Waals surface area contributed by atoms with Crippen LogP contribution in [0.15, 0.2) is 30.3 Å². The smallest absolute Gasteiger partial charge is 0.222 e. The lowest BCUT2D eigenvalue weighted by Gasteiger charge is -2.23. The lowest BCUT2D eigenvalue weighted by molar-refractivity contribution is -0.131. The van der Waals surface area contributed by atoms with Crippen molar-refractivity contribution in [3.8, 4) is 0 Å². The third-order valence-electron chi connectivity index (χ3n) is 3.45. The molecule has 3 nitrogen and oxygen atoms in total. The van der Waals surface area contributed by atoms with Gasteiger partial charge in [0.25, 0.3) is 0 Å². The second kappa shape index (κ2) is 7.39. The van der Waals surface area contributed by atoms with Gasteiger partial charge in [-0.05, 0) is 24.9 Å². The number of carbonyl (C=O) groups is 1. The van der Waals surface area contributed by atoms with Crippen LogP contribution in [0.2, 0.25) is 0 Å². The highest BCUT2D eigenvalue weighted by Crippen LogP contribution is 2.10. The Kier molecular flexibility index (Phi) is 6.16. The summed E-state index contributed by atoms with van der Waals surface area (Å²) in [5.74, 6) is 0.252. The molecule has 0 bridgehead atoms. The fourth-order valence-electron chi connectivity index (χ4n) is 2.25. The molecule has 18 heavy (non-hydrogen) atoms. The van der Waals surface area contributed by atoms with Gasteiger partial charge in [-0.1, -0.05) is 30.3 Å². The van der Waals surface area contributed by atoms with E-state index in [1.807, 2.05) is 30.1 Å². The van der Waals surface area contributed by atoms with Crippen molar-refractivity contribution in [1.29, 1.82) is 0 Å². The number of likely N-dealkylation sites (N-methyl/N-ethyl adjacent to an activating group) is 1. The van der Waals surface area contributed by atoms with Crippen molar-refractivity contribution in [1.82, 2.24) is 10.2 Å². The Morgan fingerprint density at radius 3 is 2.72 bits per heavy atom. The molecule has 1 aromatic rings. The quantitative estimate of drug-likeness (QED) is 0.904. The minimum atomic E-state index is 0. The van der Waals surface area contributed by atoms with E-state index in [0.717, 1.165) is 25.9 Å². The van der Waals surface area contributed by atoms with E-state index in [4.69, 9.17) is 0 Å². The van der Waals surface area contributed by atoms with Crippen LogP contribution in [0.1, 0.15) is 18.4 Å². The monoisotopic (exact) mass is 268 g/mol. The van der Waals surface area contributed by atoms with Crippen molar-refractivity contribution in [2.24, 2.45) is 0 Å².